The smallest absolute Gasteiger partial charge is 0.696 e. The van der Waals surface area contributed by atoms with E-state index in [1.54, 1.807) is 0 Å². The van der Waals surface area contributed by atoms with Gasteiger partial charge in [-0.25, -0.2) is 5.26 Å². The van der Waals surface area contributed by atoms with Gasteiger partial charge in [-0.05, 0) is 0 Å². The van der Waals surface area contributed by atoms with Gasteiger partial charge in [-0.1, -0.05) is 5.40 Å². The Kier molecular flexibility index (Phi) is 23.4. The maximum atomic E-state index is 7.13. The normalized spacial score (nSPS) is 1.75. The van der Waals surface area contributed by atoms with E-state index in [1.165, 1.54) is 5.40 Å². The summed E-state index contributed by atoms with van der Waals surface area (Å²) in [6.07, 6.45) is 0. The predicted octanol–water partition coefficient (Wildman–Crippen LogP) is 0.0119. The SMILES string of the molecule is N#C[S-].[Cr+2]. The Bertz CT molecular complexity index is 29.5. The molecular formula is CCrNS+. The molecule has 0 amide bonds. The molecule has 4 heavy (non-hydrogen) atoms. The van der Waals surface area contributed by atoms with Crippen LogP contribution in [0, 0.1) is 10.7 Å². The third-order valence-corrected chi connectivity index (χ3v) is 0. The maximum Gasteiger partial charge on any atom is 2.00 e. The van der Waals surface area contributed by atoms with E-state index in [2.05, 4.69) is 12.6 Å². The van der Waals surface area contributed by atoms with Crippen LogP contribution in [0.2, 0.25) is 0 Å². The number of hydrogen-bond acceptors (Lipinski definition) is 2. The molecule has 0 unspecified atom stereocenters. The van der Waals surface area contributed by atoms with Gasteiger partial charge in [0.2, 0.25) is 0 Å². The second-order valence-electron chi connectivity index (χ2n) is 0.0913. The molecule has 3 heteroatoms. The monoisotopic (exact) mass is 110 g/mol. The van der Waals surface area contributed by atoms with E-state index in [1.807, 2.05) is 0 Å². The number of nitriles is 1. The van der Waals surface area contributed by atoms with Crippen molar-refractivity contribution in [1.82, 2.24) is 0 Å². The molecule has 0 radical (unpaired) electrons. The quantitative estimate of drug-likeness (QED) is 0.324. The maximum absolute atomic E-state index is 7.13. The standard InChI is InChI=1S/CHNS.Cr/c2-1-3;/h3H;/q;+2/p-1. The van der Waals surface area contributed by atoms with Gasteiger partial charge in [-0.3, -0.25) is 0 Å². The van der Waals surface area contributed by atoms with E-state index in [0.29, 0.717) is 0 Å². The molecule has 0 aromatic heterocycles. The van der Waals surface area contributed by atoms with Crippen LogP contribution in [0.1, 0.15) is 0 Å². The van der Waals surface area contributed by atoms with Crippen molar-refractivity contribution in [2.24, 2.45) is 0 Å². The molecule has 0 heterocycles. The van der Waals surface area contributed by atoms with Gasteiger partial charge < -0.3 is 12.6 Å². The molecule has 20 valence electrons. The Morgan fingerprint density at radius 1 is 1.75 bits per heavy atom. The van der Waals surface area contributed by atoms with E-state index < -0.39 is 0 Å². The van der Waals surface area contributed by atoms with Crippen LogP contribution in [0.5, 0.6) is 0 Å². The second kappa shape index (κ2) is 10.6. The van der Waals surface area contributed by atoms with Gasteiger partial charge in [0, 0.05) is 0 Å². The van der Waals surface area contributed by atoms with Crippen LogP contribution >= 0.6 is 0 Å². The number of thiocyanates is 1. The van der Waals surface area contributed by atoms with Crippen LogP contribution in [0.25, 0.3) is 0 Å². The molecule has 0 bridgehead atoms. The van der Waals surface area contributed by atoms with Gasteiger partial charge in [0.15, 0.2) is 0 Å². The van der Waals surface area contributed by atoms with Crippen molar-refractivity contribution in [2.75, 3.05) is 0 Å². The molecule has 0 saturated heterocycles. The van der Waals surface area contributed by atoms with Gasteiger partial charge in [0.25, 0.3) is 0 Å². The van der Waals surface area contributed by atoms with Crippen molar-refractivity contribution in [2.45, 2.75) is 0 Å². The first-order valence-corrected chi connectivity index (χ1v) is 0.836. The third kappa shape index (κ3) is 58.9. The number of nitrogens with zero attached hydrogens (tertiary/aromatic N) is 1. The van der Waals surface area contributed by atoms with Crippen molar-refractivity contribution >= 4 is 12.6 Å². The third-order valence-electron chi connectivity index (χ3n) is 0. The summed E-state index contributed by atoms with van der Waals surface area (Å²) >= 11 is 3.70. The van der Waals surface area contributed by atoms with Crippen LogP contribution < -0.4 is 0 Å². The molecule has 0 aliphatic carbocycles. The Hall–Kier alpha value is 0.242. The minimum Gasteiger partial charge on any atom is -0.696 e. The van der Waals surface area contributed by atoms with Crippen LogP contribution in [0.15, 0.2) is 0 Å². The summed E-state index contributed by atoms with van der Waals surface area (Å²) in [5, 5.41) is 8.47. The van der Waals surface area contributed by atoms with E-state index >= 15 is 0 Å². The predicted molar refractivity (Wildman–Crippen MR) is 13.0 cm³/mol. The minimum absolute atomic E-state index is 0. The molecule has 0 atom stereocenters. The fraction of sp³-hybridized carbons (Fsp3) is 0. The molecule has 0 fully saturated rings. The van der Waals surface area contributed by atoms with Gasteiger partial charge >= 0.3 is 17.4 Å². The molecule has 0 N–H and O–H groups in total. The van der Waals surface area contributed by atoms with Crippen molar-refractivity contribution in [3.63, 3.8) is 0 Å². The molecule has 1 nitrogen and oxygen atoms in total. The summed E-state index contributed by atoms with van der Waals surface area (Å²) in [5.41, 5.74) is 0. The molecular weight excluding hydrogens is 110 g/mol. The van der Waals surface area contributed by atoms with E-state index in [-0.39, 0.29) is 17.4 Å². The van der Waals surface area contributed by atoms with Crippen molar-refractivity contribution in [3.8, 4) is 5.40 Å². The van der Waals surface area contributed by atoms with E-state index in [9.17, 15) is 0 Å². The summed E-state index contributed by atoms with van der Waals surface area (Å²) in [5.74, 6) is 0. The topological polar surface area (TPSA) is 23.8 Å². The van der Waals surface area contributed by atoms with E-state index in [0.717, 1.165) is 0 Å². The van der Waals surface area contributed by atoms with Gasteiger partial charge in [-0.2, -0.15) is 0 Å². The van der Waals surface area contributed by atoms with Crippen LogP contribution in [0.4, 0.5) is 0 Å². The first-order valence-electron chi connectivity index (χ1n) is 0.428. The molecule has 0 aromatic carbocycles. The van der Waals surface area contributed by atoms with Crippen molar-refractivity contribution in [1.29, 1.82) is 5.26 Å². The van der Waals surface area contributed by atoms with E-state index in [4.69, 9.17) is 5.26 Å². The zero-order chi connectivity index (χ0) is 2.71. The van der Waals surface area contributed by atoms with Crippen molar-refractivity contribution < 1.29 is 17.4 Å². The first kappa shape index (κ1) is 8.87. The fourth-order valence-electron chi connectivity index (χ4n) is 0. The average molecular weight is 110 g/mol. The molecule has 0 saturated carbocycles. The van der Waals surface area contributed by atoms with Gasteiger partial charge in [0.05, 0.1) is 0 Å². The van der Waals surface area contributed by atoms with Crippen LogP contribution in [-0.2, 0) is 30.0 Å². The second-order valence-corrected chi connectivity index (χ2v) is 0.274. The van der Waals surface area contributed by atoms with Gasteiger partial charge in [0.1, 0.15) is 0 Å². The van der Waals surface area contributed by atoms with Crippen LogP contribution in [0.3, 0.4) is 0 Å². The first-order chi connectivity index (χ1) is 1.41. The van der Waals surface area contributed by atoms with Gasteiger partial charge in [-0.15, -0.1) is 0 Å². The summed E-state index contributed by atoms with van der Waals surface area (Å²) < 4.78 is 0. The molecule has 0 aromatic rings. The zero-order valence-corrected chi connectivity index (χ0v) is 3.86. The Labute approximate surface area is 41.2 Å². The number of hydrogen-bond donors (Lipinski definition) is 0. The minimum atomic E-state index is 0. The van der Waals surface area contributed by atoms with Crippen molar-refractivity contribution in [3.05, 3.63) is 0 Å². The Balaban J connectivity index is 0. The summed E-state index contributed by atoms with van der Waals surface area (Å²) in [7, 11) is 0. The fourth-order valence-corrected chi connectivity index (χ4v) is 0. The zero-order valence-electron chi connectivity index (χ0n) is 1.76. The molecule has 0 rings (SSSR count). The summed E-state index contributed by atoms with van der Waals surface area (Å²) in [6, 6.07) is 0. The number of rotatable bonds is 0. The molecule has 0 aliphatic heterocycles. The molecule has 0 spiro atoms. The molecule has 0 aliphatic rings. The summed E-state index contributed by atoms with van der Waals surface area (Å²) in [6.45, 7) is 0. The van der Waals surface area contributed by atoms with Crippen LogP contribution in [-0.4, -0.2) is 0 Å². The Morgan fingerprint density at radius 3 is 1.75 bits per heavy atom. The Morgan fingerprint density at radius 2 is 1.75 bits per heavy atom. The average Bonchev–Trinajstić information content (AvgIpc) is 0.918. The largest absolute Gasteiger partial charge is 2.00 e. The summed E-state index contributed by atoms with van der Waals surface area (Å²) in [4.78, 5) is 0.